The highest BCUT2D eigenvalue weighted by Gasteiger charge is 2.55. The fraction of sp³-hybridized carbons (Fsp3) is 0.242. The molecule has 4 aromatic carbocycles. The summed E-state index contributed by atoms with van der Waals surface area (Å²) in [5.74, 6) is -0.592. The van der Waals surface area contributed by atoms with Crippen molar-refractivity contribution in [1.82, 2.24) is 20.0 Å². The van der Waals surface area contributed by atoms with Crippen molar-refractivity contribution in [3.8, 4) is 5.75 Å². The molecule has 9 nitrogen and oxygen atoms in total. The molecule has 3 N–H and O–H groups in total. The number of amides is 4. The number of hydrogen-bond donors (Lipinski definition) is 3. The van der Waals surface area contributed by atoms with E-state index in [1.54, 1.807) is 29.2 Å². The lowest BCUT2D eigenvalue weighted by atomic mass is 9.98. The van der Waals surface area contributed by atoms with Crippen molar-refractivity contribution in [2.45, 2.75) is 37.8 Å². The van der Waals surface area contributed by atoms with E-state index in [9.17, 15) is 24.6 Å². The smallest absolute Gasteiger partial charge is 0.320 e. The van der Waals surface area contributed by atoms with Gasteiger partial charge in [-0.2, -0.15) is 0 Å². The minimum Gasteiger partial charge on any atom is -0.508 e. The van der Waals surface area contributed by atoms with Crippen LogP contribution in [0.3, 0.4) is 0 Å². The number of carbonyl (C=O) groups excluding carboxylic acids is 3. The maximum absolute atomic E-state index is 14.1. The van der Waals surface area contributed by atoms with Gasteiger partial charge in [-0.05, 0) is 39.6 Å². The van der Waals surface area contributed by atoms with Gasteiger partial charge in [0.2, 0.25) is 11.8 Å². The molecule has 3 atom stereocenters. The lowest BCUT2D eigenvalue weighted by Gasteiger charge is -2.44. The Balaban J connectivity index is 1.34. The molecule has 42 heavy (non-hydrogen) atoms. The van der Waals surface area contributed by atoms with Crippen LogP contribution in [0.2, 0.25) is 0 Å². The molecular weight excluding hydrogens is 532 g/mol. The summed E-state index contributed by atoms with van der Waals surface area (Å²) in [7, 11) is 0. The molecule has 9 heteroatoms. The zero-order chi connectivity index (χ0) is 29.2. The fourth-order valence-corrected chi connectivity index (χ4v) is 6.06. The average Bonchev–Trinajstić information content (AvgIpc) is 3.30. The van der Waals surface area contributed by atoms with Crippen LogP contribution in [-0.2, 0) is 29.1 Å². The van der Waals surface area contributed by atoms with E-state index in [4.69, 9.17) is 0 Å². The lowest BCUT2D eigenvalue weighted by molar-refractivity contribution is -0.153. The Morgan fingerprint density at radius 2 is 1.52 bits per heavy atom. The van der Waals surface area contributed by atoms with Crippen molar-refractivity contribution in [2.24, 2.45) is 0 Å². The third kappa shape index (κ3) is 5.14. The number of aliphatic hydroxyl groups excluding tert-OH is 1. The summed E-state index contributed by atoms with van der Waals surface area (Å²) in [6, 6.07) is 27.4. The quantitative estimate of drug-likeness (QED) is 0.319. The first-order valence-electron chi connectivity index (χ1n) is 14.0. The Hall–Kier alpha value is -4.89. The highest BCUT2D eigenvalue weighted by atomic mass is 16.3. The molecule has 0 aromatic heterocycles. The number of hydrogen-bond acceptors (Lipinski definition) is 5. The Morgan fingerprint density at radius 1 is 0.810 bits per heavy atom. The van der Waals surface area contributed by atoms with E-state index < -0.39 is 36.8 Å². The van der Waals surface area contributed by atoms with E-state index in [1.165, 1.54) is 9.80 Å². The molecule has 0 radical (unpaired) electrons. The van der Waals surface area contributed by atoms with Gasteiger partial charge in [-0.15, -0.1) is 0 Å². The summed E-state index contributed by atoms with van der Waals surface area (Å²) in [6.07, 6.45) is -0.564. The molecule has 1 unspecified atom stereocenters. The van der Waals surface area contributed by atoms with Gasteiger partial charge in [-0.3, -0.25) is 14.5 Å². The Bertz CT molecular complexity index is 1600. The van der Waals surface area contributed by atoms with E-state index in [0.717, 1.165) is 27.5 Å². The van der Waals surface area contributed by atoms with Crippen LogP contribution < -0.4 is 5.32 Å². The van der Waals surface area contributed by atoms with Crippen LogP contribution >= 0.6 is 0 Å². The van der Waals surface area contributed by atoms with Crippen molar-refractivity contribution in [1.29, 1.82) is 0 Å². The third-order valence-corrected chi connectivity index (χ3v) is 8.13. The van der Waals surface area contributed by atoms with Crippen molar-refractivity contribution >= 4 is 28.6 Å². The standard InChI is InChI=1S/C33H32N4O5/c38-21-29-32(41)36-28(17-22-13-15-26(39)16-14-22)31(40)35(19-25-11-6-10-24-9-4-5-12-27(24)25)20-30(36)37(29)33(42)34-18-23-7-2-1-3-8-23/h1-16,28-30,38-39H,17-21H2,(H,34,42)/t28-,29+,30?/m0/s1. The summed E-state index contributed by atoms with van der Waals surface area (Å²) in [4.78, 5) is 46.0. The molecule has 2 saturated heterocycles. The van der Waals surface area contributed by atoms with Gasteiger partial charge < -0.3 is 25.3 Å². The van der Waals surface area contributed by atoms with Crippen LogP contribution in [0, 0.1) is 0 Å². The van der Waals surface area contributed by atoms with Gasteiger partial charge in [-0.1, -0.05) is 84.9 Å². The van der Waals surface area contributed by atoms with Gasteiger partial charge in [0.15, 0.2) is 0 Å². The van der Waals surface area contributed by atoms with Crippen LogP contribution in [-0.4, -0.2) is 74.2 Å². The van der Waals surface area contributed by atoms with Crippen molar-refractivity contribution < 1.29 is 24.6 Å². The Labute approximate surface area is 243 Å². The second kappa shape index (κ2) is 11.5. The summed E-state index contributed by atoms with van der Waals surface area (Å²) in [5, 5.41) is 25.0. The predicted molar refractivity (Wildman–Crippen MR) is 157 cm³/mol. The summed E-state index contributed by atoms with van der Waals surface area (Å²) in [5.41, 5.74) is 2.62. The molecule has 2 aliphatic rings. The topological polar surface area (TPSA) is 113 Å². The number of nitrogens with one attached hydrogen (secondary N) is 1. The van der Waals surface area contributed by atoms with Crippen LogP contribution in [0.15, 0.2) is 97.1 Å². The number of urea groups is 1. The maximum atomic E-state index is 14.1. The number of carbonyl (C=O) groups is 3. The second-order valence-electron chi connectivity index (χ2n) is 10.7. The van der Waals surface area contributed by atoms with Crippen molar-refractivity contribution in [3.05, 3.63) is 114 Å². The zero-order valence-corrected chi connectivity index (χ0v) is 23.0. The number of fused-ring (bicyclic) bond motifs is 2. The first-order valence-corrected chi connectivity index (χ1v) is 14.0. The van der Waals surface area contributed by atoms with Gasteiger partial charge in [0.05, 0.1) is 13.2 Å². The fourth-order valence-electron chi connectivity index (χ4n) is 6.06. The van der Waals surface area contributed by atoms with Crippen molar-refractivity contribution in [3.63, 3.8) is 0 Å². The molecule has 4 amide bonds. The molecule has 6 rings (SSSR count). The predicted octanol–water partition coefficient (Wildman–Crippen LogP) is 3.24. The van der Waals surface area contributed by atoms with Crippen LogP contribution in [0.1, 0.15) is 16.7 Å². The molecule has 2 aliphatic heterocycles. The lowest BCUT2D eigenvalue weighted by Crippen LogP contribution is -2.64. The maximum Gasteiger partial charge on any atom is 0.320 e. The number of phenolic OH excluding ortho intramolecular Hbond substituents is 1. The molecule has 0 bridgehead atoms. The first-order chi connectivity index (χ1) is 20.4. The molecule has 214 valence electrons. The highest BCUT2D eigenvalue weighted by molar-refractivity contribution is 5.96. The normalized spacial score (nSPS) is 20.2. The molecule has 4 aromatic rings. The van der Waals surface area contributed by atoms with E-state index in [2.05, 4.69) is 5.32 Å². The molecule has 0 saturated carbocycles. The monoisotopic (exact) mass is 564 g/mol. The summed E-state index contributed by atoms with van der Waals surface area (Å²) < 4.78 is 0. The van der Waals surface area contributed by atoms with E-state index in [-0.39, 0.29) is 31.2 Å². The molecule has 0 aliphatic carbocycles. The van der Waals surface area contributed by atoms with Crippen LogP contribution in [0.25, 0.3) is 10.8 Å². The van der Waals surface area contributed by atoms with Gasteiger partial charge in [-0.25, -0.2) is 4.79 Å². The van der Waals surface area contributed by atoms with Gasteiger partial charge >= 0.3 is 6.03 Å². The Kier molecular flexibility index (Phi) is 7.50. The number of phenols is 1. The van der Waals surface area contributed by atoms with Crippen LogP contribution in [0.4, 0.5) is 4.79 Å². The number of aliphatic hydroxyl groups is 1. The minimum absolute atomic E-state index is 0.100. The van der Waals surface area contributed by atoms with E-state index in [1.807, 2.05) is 72.8 Å². The second-order valence-corrected chi connectivity index (χ2v) is 10.7. The first kappa shape index (κ1) is 27.3. The van der Waals surface area contributed by atoms with Gasteiger partial charge in [0.1, 0.15) is 24.0 Å². The van der Waals surface area contributed by atoms with E-state index in [0.29, 0.717) is 6.54 Å². The van der Waals surface area contributed by atoms with Crippen molar-refractivity contribution in [2.75, 3.05) is 13.2 Å². The summed E-state index contributed by atoms with van der Waals surface area (Å²) in [6.45, 7) is 0.0992. The minimum atomic E-state index is -1.11. The number of aromatic hydroxyl groups is 1. The highest BCUT2D eigenvalue weighted by Crippen LogP contribution is 2.33. The molecule has 0 spiro atoms. The number of rotatable bonds is 7. The van der Waals surface area contributed by atoms with Gasteiger partial charge in [0, 0.05) is 19.5 Å². The molecular formula is C33H32N4O5. The third-order valence-electron chi connectivity index (χ3n) is 8.13. The number of piperazine rings is 1. The molecule has 2 fully saturated rings. The van der Waals surface area contributed by atoms with E-state index >= 15 is 0 Å². The number of benzene rings is 4. The molecule has 2 heterocycles. The largest absolute Gasteiger partial charge is 0.508 e. The average molecular weight is 565 g/mol. The van der Waals surface area contributed by atoms with Crippen LogP contribution in [0.5, 0.6) is 5.75 Å². The Morgan fingerprint density at radius 3 is 2.29 bits per heavy atom. The zero-order valence-electron chi connectivity index (χ0n) is 23.0. The SMILES string of the molecule is O=C1[C@H](Cc2ccc(O)cc2)N2C(=O)[C@@H](CO)N(C(=O)NCc3ccccc3)C2CN1Cc1cccc2ccccc12. The summed E-state index contributed by atoms with van der Waals surface area (Å²) >= 11 is 0. The number of nitrogens with zero attached hydrogens (tertiary/aromatic N) is 3. The van der Waals surface area contributed by atoms with Gasteiger partial charge in [0.25, 0.3) is 0 Å².